The molecule has 1 aromatic carbocycles. The largest absolute Gasteiger partial charge is 0.426 e. The van der Waals surface area contributed by atoms with Gasteiger partial charge in [0, 0.05) is 11.7 Å². The summed E-state index contributed by atoms with van der Waals surface area (Å²) in [4.78, 5) is 39.5. The van der Waals surface area contributed by atoms with Crippen LogP contribution in [0.2, 0.25) is 0 Å². The molecule has 7 heteroatoms. The Balaban J connectivity index is 1.71. The molecule has 4 fully saturated rings. The van der Waals surface area contributed by atoms with E-state index in [-0.39, 0.29) is 24.2 Å². The number of sulfone groups is 1. The molecule has 162 valence electrons. The van der Waals surface area contributed by atoms with Gasteiger partial charge in [-0.25, -0.2) is 8.42 Å². The van der Waals surface area contributed by atoms with Gasteiger partial charge in [0.25, 0.3) is 0 Å². The Morgan fingerprint density at radius 1 is 1.00 bits per heavy atom. The van der Waals surface area contributed by atoms with Gasteiger partial charge in [-0.2, -0.15) is 0 Å². The maximum Gasteiger partial charge on any atom is 0.317 e. The Morgan fingerprint density at radius 3 is 2.03 bits per heavy atom. The van der Waals surface area contributed by atoms with E-state index in [1.807, 2.05) is 6.07 Å². The fourth-order valence-electron chi connectivity index (χ4n) is 6.57. The molecule has 0 saturated heterocycles. The van der Waals surface area contributed by atoms with E-state index >= 15 is 0 Å². The van der Waals surface area contributed by atoms with E-state index in [0.717, 1.165) is 12.7 Å². The van der Waals surface area contributed by atoms with Crippen molar-refractivity contribution in [1.82, 2.24) is 0 Å². The number of hydrogen-bond acceptors (Lipinski definition) is 6. The van der Waals surface area contributed by atoms with Crippen molar-refractivity contribution in [2.45, 2.75) is 57.1 Å². The number of para-hydroxylation sites is 1. The van der Waals surface area contributed by atoms with Crippen LogP contribution in [0, 0.1) is 22.7 Å². The minimum absolute atomic E-state index is 0.161. The summed E-state index contributed by atoms with van der Waals surface area (Å²) in [5.74, 6) is -0.751. The van der Waals surface area contributed by atoms with E-state index in [0.29, 0.717) is 31.4 Å². The number of ether oxygens (including phenoxy) is 1. The first kappa shape index (κ1) is 21.2. The summed E-state index contributed by atoms with van der Waals surface area (Å²) in [5, 5.41) is 0. The van der Waals surface area contributed by atoms with Gasteiger partial charge in [-0.3, -0.25) is 14.4 Å². The molecule has 0 aliphatic heterocycles. The molecule has 0 aromatic heterocycles. The van der Waals surface area contributed by atoms with E-state index in [2.05, 4.69) is 0 Å². The van der Waals surface area contributed by atoms with Crippen LogP contribution in [0.25, 0.3) is 0 Å². The Kier molecular flexibility index (Phi) is 4.77. The van der Waals surface area contributed by atoms with Gasteiger partial charge in [0.1, 0.15) is 5.75 Å². The fraction of sp³-hybridized carbons (Fsp3) is 0.609. The molecule has 0 radical (unpaired) electrons. The van der Waals surface area contributed by atoms with Crippen molar-refractivity contribution < 1.29 is 27.5 Å². The van der Waals surface area contributed by atoms with Crippen LogP contribution in [0.5, 0.6) is 5.75 Å². The van der Waals surface area contributed by atoms with Crippen molar-refractivity contribution in [2.75, 3.05) is 6.26 Å². The van der Waals surface area contributed by atoms with Crippen LogP contribution in [0.3, 0.4) is 0 Å². The predicted octanol–water partition coefficient (Wildman–Crippen LogP) is 3.14. The van der Waals surface area contributed by atoms with Gasteiger partial charge in [0.05, 0.1) is 5.41 Å². The van der Waals surface area contributed by atoms with Crippen molar-refractivity contribution in [1.29, 1.82) is 0 Å². The standard InChI is InChI=1S/C23H28O6S/c1-15(24)21(2,30(3,27)28)19(25)22-10-16-9-17(11-22)13-23(12-16,14-22)20(26)29-18-7-5-4-6-8-18/h4-8,16-17H,9-14H2,1-3H3. The van der Waals surface area contributed by atoms with E-state index in [1.54, 1.807) is 24.3 Å². The van der Waals surface area contributed by atoms with Crippen LogP contribution in [0.15, 0.2) is 30.3 Å². The molecule has 1 aromatic rings. The average Bonchev–Trinajstić information content (AvgIpc) is 2.65. The van der Waals surface area contributed by atoms with Gasteiger partial charge >= 0.3 is 5.97 Å². The molecule has 3 atom stereocenters. The quantitative estimate of drug-likeness (QED) is 0.389. The average molecular weight is 433 g/mol. The maximum absolute atomic E-state index is 13.8. The lowest BCUT2D eigenvalue weighted by molar-refractivity contribution is -0.177. The summed E-state index contributed by atoms with van der Waals surface area (Å²) < 4.78 is 28.7. The number of hydrogen-bond donors (Lipinski definition) is 0. The summed E-state index contributed by atoms with van der Waals surface area (Å²) in [6.45, 7) is 2.40. The first-order chi connectivity index (χ1) is 13.9. The highest BCUT2D eigenvalue weighted by molar-refractivity contribution is 7.93. The minimum atomic E-state index is -3.96. The molecular formula is C23H28O6S. The molecule has 0 spiro atoms. The molecule has 30 heavy (non-hydrogen) atoms. The molecule has 0 N–H and O–H groups in total. The monoisotopic (exact) mass is 432 g/mol. The molecule has 4 aliphatic carbocycles. The summed E-state index contributed by atoms with van der Waals surface area (Å²) in [5.41, 5.74) is -1.77. The zero-order chi connectivity index (χ0) is 21.9. The summed E-state index contributed by atoms with van der Waals surface area (Å²) >= 11 is 0. The van der Waals surface area contributed by atoms with E-state index < -0.39 is 37.0 Å². The predicted molar refractivity (Wildman–Crippen MR) is 111 cm³/mol. The normalized spacial score (nSPS) is 34.2. The molecule has 0 amide bonds. The smallest absolute Gasteiger partial charge is 0.317 e. The van der Waals surface area contributed by atoms with Crippen LogP contribution in [-0.4, -0.2) is 37.0 Å². The van der Waals surface area contributed by atoms with E-state index in [1.165, 1.54) is 13.8 Å². The number of esters is 1. The third-order valence-corrected chi connectivity index (χ3v) is 9.73. The summed E-state index contributed by atoms with van der Waals surface area (Å²) in [6.07, 6.45) is 4.54. The zero-order valence-corrected chi connectivity index (χ0v) is 18.5. The van der Waals surface area contributed by atoms with Crippen molar-refractivity contribution in [3.05, 3.63) is 30.3 Å². The second-order valence-electron chi connectivity index (χ2n) is 9.91. The maximum atomic E-state index is 13.8. The zero-order valence-electron chi connectivity index (χ0n) is 17.6. The number of rotatable bonds is 6. The molecule has 4 aliphatic rings. The Morgan fingerprint density at radius 2 is 1.53 bits per heavy atom. The number of benzene rings is 1. The topological polar surface area (TPSA) is 94.6 Å². The highest BCUT2D eigenvalue weighted by Gasteiger charge is 2.67. The number of ketones is 2. The summed E-state index contributed by atoms with van der Waals surface area (Å²) in [7, 11) is -3.96. The third kappa shape index (κ3) is 3.04. The molecule has 0 heterocycles. The number of carbonyl (C=O) groups excluding carboxylic acids is 3. The van der Waals surface area contributed by atoms with Crippen LogP contribution in [0.4, 0.5) is 0 Å². The lowest BCUT2D eigenvalue weighted by Crippen LogP contribution is -2.64. The van der Waals surface area contributed by atoms with Gasteiger partial charge in [-0.15, -0.1) is 0 Å². The molecule has 4 bridgehead atoms. The van der Waals surface area contributed by atoms with Gasteiger partial charge in [-0.1, -0.05) is 18.2 Å². The van der Waals surface area contributed by atoms with Crippen LogP contribution < -0.4 is 4.74 Å². The van der Waals surface area contributed by atoms with Crippen LogP contribution in [-0.2, 0) is 24.2 Å². The second kappa shape index (κ2) is 6.74. The molecular weight excluding hydrogens is 404 g/mol. The molecule has 4 saturated carbocycles. The number of Topliss-reactive ketones (excluding diaryl/α,β-unsaturated/α-hetero) is 2. The first-order valence-electron chi connectivity index (χ1n) is 10.4. The van der Waals surface area contributed by atoms with Crippen molar-refractivity contribution in [3.8, 4) is 5.75 Å². The third-order valence-electron chi connectivity index (χ3n) is 7.78. The lowest BCUT2D eigenvalue weighted by atomic mass is 9.42. The van der Waals surface area contributed by atoms with Crippen LogP contribution >= 0.6 is 0 Å². The minimum Gasteiger partial charge on any atom is -0.426 e. The van der Waals surface area contributed by atoms with Crippen molar-refractivity contribution in [2.24, 2.45) is 22.7 Å². The first-order valence-corrected chi connectivity index (χ1v) is 12.3. The second-order valence-corrected chi connectivity index (χ2v) is 12.3. The lowest BCUT2D eigenvalue weighted by Gasteiger charge is -2.61. The Hall–Kier alpha value is -2.02. The van der Waals surface area contributed by atoms with Crippen molar-refractivity contribution >= 4 is 27.4 Å². The van der Waals surface area contributed by atoms with Gasteiger partial charge in [-0.05, 0) is 76.3 Å². The van der Waals surface area contributed by atoms with Crippen LogP contribution in [0.1, 0.15) is 52.4 Å². The van der Waals surface area contributed by atoms with Gasteiger partial charge in [0.2, 0.25) is 0 Å². The highest BCUT2D eigenvalue weighted by Crippen LogP contribution is 2.66. The van der Waals surface area contributed by atoms with Gasteiger partial charge < -0.3 is 4.74 Å². The van der Waals surface area contributed by atoms with Gasteiger partial charge in [0.15, 0.2) is 26.2 Å². The van der Waals surface area contributed by atoms with E-state index in [4.69, 9.17) is 4.74 Å². The molecule has 6 nitrogen and oxygen atoms in total. The fourth-order valence-corrected chi connectivity index (χ4v) is 7.64. The SMILES string of the molecule is CC(=O)C(C)(C(=O)C12CC3CC(CC(C(=O)Oc4ccccc4)(C3)C1)C2)S(C)(=O)=O. The van der Waals surface area contributed by atoms with E-state index in [9.17, 15) is 22.8 Å². The molecule has 3 unspecified atom stereocenters. The Labute approximate surface area is 177 Å². The Bertz CT molecular complexity index is 997. The van der Waals surface area contributed by atoms with Crippen molar-refractivity contribution in [3.63, 3.8) is 0 Å². The highest BCUT2D eigenvalue weighted by atomic mass is 32.2. The summed E-state index contributed by atoms with van der Waals surface area (Å²) in [6, 6.07) is 8.85. The molecule has 5 rings (SSSR count). The number of carbonyl (C=O) groups is 3.